The van der Waals surface area contributed by atoms with Crippen molar-refractivity contribution in [1.29, 1.82) is 0 Å². The maximum Gasteiger partial charge on any atom is 0.416 e. The van der Waals surface area contributed by atoms with Crippen LogP contribution in [0.3, 0.4) is 0 Å². The number of carbonyl (C=O) groups excluding carboxylic acids is 1. The molecule has 0 N–H and O–H groups in total. The van der Waals surface area contributed by atoms with Crippen LogP contribution in [0.1, 0.15) is 17.0 Å². The Balaban J connectivity index is 1.70. The van der Waals surface area contributed by atoms with Crippen molar-refractivity contribution in [3.8, 4) is 11.1 Å². The third-order valence-corrected chi connectivity index (χ3v) is 4.43. The minimum atomic E-state index is -4.42. The van der Waals surface area contributed by atoms with Gasteiger partial charge in [0.2, 0.25) is 5.91 Å². The summed E-state index contributed by atoms with van der Waals surface area (Å²) >= 11 is 0. The van der Waals surface area contributed by atoms with Gasteiger partial charge in [-0.05, 0) is 35.9 Å². The Morgan fingerprint density at radius 1 is 1.00 bits per heavy atom. The molecule has 0 bridgehead atoms. The highest BCUT2D eigenvalue weighted by Gasteiger charge is 2.31. The highest BCUT2D eigenvalue weighted by molar-refractivity contribution is 6.01. The summed E-state index contributed by atoms with van der Waals surface area (Å²) in [6, 6.07) is 12.2. The smallest absolute Gasteiger partial charge is 0.304 e. The number of hydrogen-bond donors (Lipinski definition) is 0. The molecule has 3 heterocycles. The molecule has 0 atom stereocenters. The van der Waals surface area contributed by atoms with Gasteiger partial charge in [0.05, 0.1) is 35.6 Å². The van der Waals surface area contributed by atoms with Crippen molar-refractivity contribution in [3.63, 3.8) is 0 Å². The molecule has 1 aromatic carbocycles. The molecule has 1 amide bonds. The number of rotatable bonds is 3. The summed E-state index contributed by atoms with van der Waals surface area (Å²) in [5, 5.41) is 0. The Hall–Kier alpha value is -3.22. The quantitative estimate of drug-likeness (QED) is 0.693. The molecule has 0 aliphatic carbocycles. The van der Waals surface area contributed by atoms with Crippen LogP contribution < -0.4 is 4.90 Å². The lowest BCUT2D eigenvalue weighted by Gasteiger charge is -2.17. The Labute approximate surface area is 153 Å². The molecule has 3 aromatic rings. The van der Waals surface area contributed by atoms with E-state index < -0.39 is 11.7 Å². The Morgan fingerprint density at radius 3 is 2.59 bits per heavy atom. The molecule has 2 aromatic heterocycles. The van der Waals surface area contributed by atoms with Crippen LogP contribution in [0.2, 0.25) is 0 Å². The molecule has 7 heteroatoms. The number of aromatic nitrogens is 2. The fourth-order valence-electron chi connectivity index (χ4n) is 3.08. The number of carbonyl (C=O) groups is 1. The maximum absolute atomic E-state index is 13.0. The number of benzene rings is 1. The van der Waals surface area contributed by atoms with Crippen molar-refractivity contribution in [2.75, 3.05) is 4.90 Å². The third-order valence-electron chi connectivity index (χ3n) is 4.43. The van der Waals surface area contributed by atoms with Crippen molar-refractivity contribution in [3.05, 3.63) is 77.9 Å². The highest BCUT2D eigenvalue weighted by atomic mass is 19.4. The Bertz CT molecular complexity index is 1000. The zero-order valence-electron chi connectivity index (χ0n) is 14.1. The zero-order valence-corrected chi connectivity index (χ0v) is 14.1. The second kappa shape index (κ2) is 6.50. The van der Waals surface area contributed by atoms with Crippen LogP contribution in [-0.2, 0) is 23.9 Å². The number of anilines is 1. The molecule has 1 aliphatic rings. The van der Waals surface area contributed by atoms with E-state index >= 15 is 0 Å². The average Bonchev–Trinajstić information content (AvgIpc) is 2.97. The normalized spacial score (nSPS) is 13.7. The van der Waals surface area contributed by atoms with E-state index in [1.807, 2.05) is 12.1 Å². The zero-order chi connectivity index (χ0) is 19.0. The molecule has 0 unspecified atom stereocenters. The number of amides is 1. The van der Waals surface area contributed by atoms with Crippen molar-refractivity contribution in [1.82, 2.24) is 9.97 Å². The number of pyridine rings is 2. The van der Waals surface area contributed by atoms with E-state index in [4.69, 9.17) is 0 Å². The van der Waals surface area contributed by atoms with Crippen LogP contribution in [0.25, 0.3) is 11.1 Å². The molecule has 27 heavy (non-hydrogen) atoms. The van der Waals surface area contributed by atoms with Gasteiger partial charge < -0.3 is 4.90 Å². The molecule has 4 rings (SSSR count). The predicted molar refractivity (Wildman–Crippen MR) is 93.8 cm³/mol. The summed E-state index contributed by atoms with van der Waals surface area (Å²) in [6.07, 6.45) is -1.09. The first-order valence-corrected chi connectivity index (χ1v) is 8.28. The van der Waals surface area contributed by atoms with Crippen LogP contribution >= 0.6 is 0 Å². The minimum Gasteiger partial charge on any atom is -0.304 e. The number of fused-ring (bicyclic) bond motifs is 1. The molecule has 0 fully saturated rings. The maximum atomic E-state index is 13.0. The van der Waals surface area contributed by atoms with Crippen LogP contribution in [0, 0.1) is 0 Å². The lowest BCUT2D eigenvalue weighted by atomic mass is 10.0. The Morgan fingerprint density at radius 2 is 1.85 bits per heavy atom. The first kappa shape index (κ1) is 17.2. The molecule has 0 saturated carbocycles. The first-order valence-electron chi connectivity index (χ1n) is 8.28. The van der Waals surface area contributed by atoms with Crippen molar-refractivity contribution in [2.45, 2.75) is 19.1 Å². The lowest BCUT2D eigenvalue weighted by Crippen LogP contribution is -2.26. The Kier molecular flexibility index (Phi) is 4.14. The van der Waals surface area contributed by atoms with Gasteiger partial charge in [-0.1, -0.05) is 18.2 Å². The van der Waals surface area contributed by atoms with Gasteiger partial charge in [0.25, 0.3) is 0 Å². The summed E-state index contributed by atoms with van der Waals surface area (Å²) in [4.78, 5) is 22.5. The van der Waals surface area contributed by atoms with E-state index in [9.17, 15) is 18.0 Å². The molecule has 1 aliphatic heterocycles. The van der Waals surface area contributed by atoms with Crippen LogP contribution in [0.4, 0.5) is 18.9 Å². The van der Waals surface area contributed by atoms with Crippen LogP contribution in [-0.4, -0.2) is 15.9 Å². The van der Waals surface area contributed by atoms with E-state index in [1.165, 1.54) is 12.3 Å². The second-order valence-corrected chi connectivity index (χ2v) is 6.25. The molecule has 4 nitrogen and oxygen atoms in total. The standard InChI is InChI=1S/C20H14F3N3O/c21-20(22,23)15-5-3-4-13(8-15)14-9-18-17(25-11-14)10-19(27)26(18)12-16-6-1-2-7-24-16/h1-9,11H,10,12H2. The van der Waals surface area contributed by atoms with E-state index in [1.54, 1.807) is 29.3 Å². The van der Waals surface area contributed by atoms with Gasteiger partial charge in [0, 0.05) is 18.0 Å². The van der Waals surface area contributed by atoms with Crippen LogP contribution in [0.15, 0.2) is 60.9 Å². The summed E-state index contributed by atoms with van der Waals surface area (Å²) in [5.41, 5.74) is 2.16. The largest absolute Gasteiger partial charge is 0.416 e. The summed E-state index contributed by atoms with van der Waals surface area (Å²) < 4.78 is 38.9. The van der Waals surface area contributed by atoms with Crippen molar-refractivity contribution in [2.24, 2.45) is 0 Å². The van der Waals surface area contributed by atoms with E-state index in [0.29, 0.717) is 29.1 Å². The van der Waals surface area contributed by atoms with Crippen molar-refractivity contribution >= 4 is 11.6 Å². The van der Waals surface area contributed by atoms with Gasteiger partial charge in [-0.15, -0.1) is 0 Å². The molecule has 0 spiro atoms. The monoisotopic (exact) mass is 369 g/mol. The molecular formula is C20H14F3N3O. The number of nitrogens with zero attached hydrogens (tertiary/aromatic N) is 3. The third kappa shape index (κ3) is 3.40. The van der Waals surface area contributed by atoms with Gasteiger partial charge in [-0.2, -0.15) is 13.2 Å². The van der Waals surface area contributed by atoms with Gasteiger partial charge >= 0.3 is 6.18 Å². The van der Waals surface area contributed by atoms with E-state index in [0.717, 1.165) is 17.8 Å². The van der Waals surface area contributed by atoms with Crippen LogP contribution in [0.5, 0.6) is 0 Å². The fraction of sp³-hybridized carbons (Fsp3) is 0.150. The van der Waals surface area contributed by atoms with E-state index in [2.05, 4.69) is 9.97 Å². The molecular weight excluding hydrogens is 355 g/mol. The average molecular weight is 369 g/mol. The predicted octanol–water partition coefficient (Wildman–Crippen LogP) is 4.25. The number of alkyl halides is 3. The number of hydrogen-bond acceptors (Lipinski definition) is 3. The highest BCUT2D eigenvalue weighted by Crippen LogP contribution is 2.35. The summed E-state index contributed by atoms with van der Waals surface area (Å²) in [6.45, 7) is 0.292. The summed E-state index contributed by atoms with van der Waals surface area (Å²) in [5.74, 6) is -0.107. The molecule has 136 valence electrons. The van der Waals surface area contributed by atoms with Gasteiger partial charge in [-0.25, -0.2) is 0 Å². The SMILES string of the molecule is O=C1Cc2ncc(-c3cccc(C(F)(F)F)c3)cc2N1Cc1ccccn1. The van der Waals surface area contributed by atoms with Gasteiger partial charge in [0.1, 0.15) is 0 Å². The second-order valence-electron chi connectivity index (χ2n) is 6.25. The topological polar surface area (TPSA) is 46.1 Å². The molecule has 0 radical (unpaired) electrons. The number of halogens is 3. The van der Waals surface area contributed by atoms with Gasteiger partial charge in [-0.3, -0.25) is 14.8 Å². The van der Waals surface area contributed by atoms with Gasteiger partial charge in [0.15, 0.2) is 0 Å². The molecule has 0 saturated heterocycles. The van der Waals surface area contributed by atoms with Crippen molar-refractivity contribution < 1.29 is 18.0 Å². The first-order chi connectivity index (χ1) is 12.9. The summed E-state index contributed by atoms with van der Waals surface area (Å²) in [7, 11) is 0. The lowest BCUT2D eigenvalue weighted by molar-refractivity contribution is -0.137. The minimum absolute atomic E-state index is 0.107. The fourth-order valence-corrected chi connectivity index (χ4v) is 3.08. The van der Waals surface area contributed by atoms with E-state index in [-0.39, 0.29) is 12.3 Å².